The van der Waals surface area contributed by atoms with E-state index in [1.807, 2.05) is 0 Å². The number of rotatable bonds is 3. The zero-order valence-corrected chi connectivity index (χ0v) is 9.63. The van der Waals surface area contributed by atoms with Crippen LogP contribution in [0.3, 0.4) is 0 Å². The minimum Gasteiger partial charge on any atom is -0.325 e. The molecule has 2 rings (SSSR count). The molecule has 0 amide bonds. The van der Waals surface area contributed by atoms with E-state index in [9.17, 15) is 0 Å². The van der Waals surface area contributed by atoms with Gasteiger partial charge in [0.15, 0.2) is 0 Å². The fourth-order valence-corrected chi connectivity index (χ4v) is 1.80. The van der Waals surface area contributed by atoms with Gasteiger partial charge in [0.25, 0.3) is 0 Å². The van der Waals surface area contributed by atoms with Crippen LogP contribution < -0.4 is 5.73 Å². The Balaban J connectivity index is 0.000000720. The van der Waals surface area contributed by atoms with Gasteiger partial charge < -0.3 is 10.6 Å². The van der Waals surface area contributed by atoms with Crippen molar-refractivity contribution in [2.24, 2.45) is 5.73 Å². The summed E-state index contributed by atoms with van der Waals surface area (Å²) in [5, 5.41) is 0. The van der Waals surface area contributed by atoms with Gasteiger partial charge in [-0.2, -0.15) is 0 Å². The Morgan fingerprint density at radius 1 is 1.08 bits per heavy atom. The van der Waals surface area contributed by atoms with Crippen molar-refractivity contribution in [3.63, 3.8) is 0 Å². The van der Waals surface area contributed by atoms with Crippen LogP contribution in [0.25, 0.3) is 0 Å². The lowest BCUT2D eigenvalue weighted by Gasteiger charge is -2.16. The van der Waals surface area contributed by atoms with Gasteiger partial charge in [0.2, 0.25) is 0 Å². The predicted octanol–water partition coefficient (Wildman–Crippen LogP) is 1.81. The van der Waals surface area contributed by atoms with Crippen molar-refractivity contribution >= 4 is 24.8 Å². The standard InChI is InChI=1S/C9H18N2.2ClH/c10-9(3-4-9)5-8-11-6-1-2-7-11;;/h1-8,10H2;2*1H. The maximum atomic E-state index is 6.00. The highest BCUT2D eigenvalue weighted by Gasteiger charge is 2.37. The van der Waals surface area contributed by atoms with Crippen LogP contribution in [0.4, 0.5) is 0 Å². The van der Waals surface area contributed by atoms with E-state index in [1.54, 1.807) is 0 Å². The third kappa shape index (κ3) is 4.03. The van der Waals surface area contributed by atoms with E-state index in [0.29, 0.717) is 0 Å². The van der Waals surface area contributed by atoms with Gasteiger partial charge in [-0.3, -0.25) is 0 Å². The molecule has 0 aromatic heterocycles. The summed E-state index contributed by atoms with van der Waals surface area (Å²) in [6.45, 7) is 3.88. The van der Waals surface area contributed by atoms with Gasteiger partial charge >= 0.3 is 0 Å². The summed E-state index contributed by atoms with van der Waals surface area (Å²) in [6, 6.07) is 0. The average Bonchev–Trinajstić information content (AvgIpc) is 2.53. The van der Waals surface area contributed by atoms with Crippen LogP contribution >= 0.6 is 24.8 Å². The molecule has 1 heterocycles. The molecule has 2 nitrogen and oxygen atoms in total. The number of halogens is 2. The Bertz CT molecular complexity index is 143. The van der Waals surface area contributed by atoms with E-state index < -0.39 is 0 Å². The van der Waals surface area contributed by atoms with Crippen LogP contribution in [-0.4, -0.2) is 30.1 Å². The van der Waals surface area contributed by atoms with E-state index >= 15 is 0 Å². The summed E-state index contributed by atoms with van der Waals surface area (Å²) in [7, 11) is 0. The molecule has 0 aromatic carbocycles. The first-order chi connectivity index (χ1) is 5.29. The molecule has 1 aliphatic carbocycles. The van der Waals surface area contributed by atoms with Crippen LogP contribution in [0.1, 0.15) is 32.1 Å². The molecule has 0 aromatic rings. The minimum absolute atomic E-state index is 0. The van der Waals surface area contributed by atoms with E-state index in [-0.39, 0.29) is 30.4 Å². The lowest BCUT2D eigenvalue weighted by atomic mass is 10.2. The van der Waals surface area contributed by atoms with Gasteiger partial charge in [0.05, 0.1) is 0 Å². The van der Waals surface area contributed by atoms with E-state index in [4.69, 9.17) is 5.73 Å². The van der Waals surface area contributed by atoms with Crippen LogP contribution in [0, 0.1) is 0 Å². The Kier molecular flexibility index (Phi) is 5.61. The van der Waals surface area contributed by atoms with Gasteiger partial charge in [0.1, 0.15) is 0 Å². The fourth-order valence-electron chi connectivity index (χ4n) is 1.80. The Morgan fingerprint density at radius 3 is 2.08 bits per heavy atom. The van der Waals surface area contributed by atoms with Crippen LogP contribution in [-0.2, 0) is 0 Å². The number of hydrogen-bond donors (Lipinski definition) is 1. The second kappa shape index (κ2) is 5.40. The molecular formula is C9H20Cl2N2. The van der Waals surface area contributed by atoms with Gasteiger partial charge in [0, 0.05) is 5.54 Å². The van der Waals surface area contributed by atoms with Crippen molar-refractivity contribution in [1.29, 1.82) is 0 Å². The second-order valence-corrected chi connectivity index (χ2v) is 4.16. The molecule has 0 spiro atoms. The van der Waals surface area contributed by atoms with Gasteiger partial charge in [-0.05, 0) is 51.7 Å². The quantitative estimate of drug-likeness (QED) is 0.796. The summed E-state index contributed by atoms with van der Waals surface area (Å²) < 4.78 is 0. The number of likely N-dealkylation sites (tertiary alicyclic amines) is 1. The van der Waals surface area contributed by atoms with E-state index in [1.165, 1.54) is 51.7 Å². The van der Waals surface area contributed by atoms with Gasteiger partial charge in [-0.1, -0.05) is 0 Å². The third-order valence-corrected chi connectivity index (χ3v) is 3.02. The third-order valence-electron chi connectivity index (χ3n) is 3.02. The van der Waals surface area contributed by atoms with Gasteiger partial charge in [-0.15, -0.1) is 24.8 Å². The summed E-state index contributed by atoms with van der Waals surface area (Å²) in [5.41, 5.74) is 6.26. The SMILES string of the molecule is Cl.Cl.NC1(CCN2CCCC2)CC1. The maximum absolute atomic E-state index is 6.00. The molecular weight excluding hydrogens is 207 g/mol. The number of hydrogen-bond acceptors (Lipinski definition) is 2. The summed E-state index contributed by atoms with van der Waals surface area (Å²) in [6.07, 6.45) is 6.56. The first kappa shape index (κ1) is 13.5. The molecule has 4 heteroatoms. The zero-order valence-electron chi connectivity index (χ0n) is 8.00. The van der Waals surface area contributed by atoms with Crippen molar-refractivity contribution in [3.05, 3.63) is 0 Å². The minimum atomic E-state index is 0. The first-order valence-corrected chi connectivity index (χ1v) is 4.80. The smallest absolute Gasteiger partial charge is 0.0167 e. The Morgan fingerprint density at radius 2 is 1.62 bits per heavy atom. The molecule has 80 valence electrons. The van der Waals surface area contributed by atoms with Crippen LogP contribution in [0.2, 0.25) is 0 Å². The lowest BCUT2D eigenvalue weighted by Crippen LogP contribution is -2.30. The summed E-state index contributed by atoms with van der Waals surface area (Å²) in [5.74, 6) is 0. The highest BCUT2D eigenvalue weighted by molar-refractivity contribution is 5.85. The average molecular weight is 227 g/mol. The normalized spacial score (nSPS) is 24.7. The number of nitrogens with zero attached hydrogens (tertiary/aromatic N) is 1. The predicted molar refractivity (Wildman–Crippen MR) is 60.9 cm³/mol. The Labute approximate surface area is 93.1 Å². The maximum Gasteiger partial charge on any atom is 0.0167 e. The van der Waals surface area contributed by atoms with Crippen molar-refractivity contribution in [1.82, 2.24) is 4.90 Å². The monoisotopic (exact) mass is 226 g/mol. The van der Waals surface area contributed by atoms with E-state index in [0.717, 1.165) is 0 Å². The summed E-state index contributed by atoms with van der Waals surface area (Å²) in [4.78, 5) is 2.55. The summed E-state index contributed by atoms with van der Waals surface area (Å²) >= 11 is 0. The van der Waals surface area contributed by atoms with Crippen LogP contribution in [0.15, 0.2) is 0 Å². The molecule has 0 unspecified atom stereocenters. The molecule has 1 saturated carbocycles. The van der Waals surface area contributed by atoms with Crippen molar-refractivity contribution in [2.75, 3.05) is 19.6 Å². The molecule has 1 aliphatic heterocycles. The highest BCUT2D eigenvalue weighted by Crippen LogP contribution is 2.35. The van der Waals surface area contributed by atoms with Crippen molar-refractivity contribution in [2.45, 2.75) is 37.6 Å². The molecule has 0 atom stereocenters. The molecule has 13 heavy (non-hydrogen) atoms. The van der Waals surface area contributed by atoms with Crippen LogP contribution in [0.5, 0.6) is 0 Å². The van der Waals surface area contributed by atoms with E-state index in [2.05, 4.69) is 4.90 Å². The largest absolute Gasteiger partial charge is 0.325 e. The zero-order chi connectivity index (χ0) is 7.73. The highest BCUT2D eigenvalue weighted by atomic mass is 35.5. The first-order valence-electron chi connectivity index (χ1n) is 4.80. The molecule has 2 aliphatic rings. The topological polar surface area (TPSA) is 29.3 Å². The van der Waals surface area contributed by atoms with Crippen molar-refractivity contribution < 1.29 is 0 Å². The molecule has 0 radical (unpaired) electrons. The number of nitrogens with two attached hydrogens (primary N) is 1. The lowest BCUT2D eigenvalue weighted by molar-refractivity contribution is 0.317. The molecule has 1 saturated heterocycles. The molecule has 2 N–H and O–H groups in total. The van der Waals surface area contributed by atoms with Crippen molar-refractivity contribution in [3.8, 4) is 0 Å². The molecule has 0 bridgehead atoms. The van der Waals surface area contributed by atoms with Gasteiger partial charge in [-0.25, -0.2) is 0 Å². The molecule has 2 fully saturated rings. The second-order valence-electron chi connectivity index (χ2n) is 4.16. The Hall–Kier alpha value is 0.500. The fraction of sp³-hybridized carbons (Fsp3) is 1.00.